The molecule has 0 N–H and O–H groups in total. The number of halogens is 2. The molecule has 4 nitrogen and oxygen atoms in total. The summed E-state index contributed by atoms with van der Waals surface area (Å²) in [5, 5.41) is 5.68. The van der Waals surface area contributed by atoms with E-state index in [0.29, 0.717) is 14.0 Å². The lowest BCUT2D eigenvalue weighted by atomic mass is 10.3. The van der Waals surface area contributed by atoms with Gasteiger partial charge in [-0.2, -0.15) is 4.99 Å². The second kappa shape index (κ2) is 7.79. The van der Waals surface area contributed by atoms with Gasteiger partial charge >= 0.3 is 0 Å². The van der Waals surface area contributed by atoms with Gasteiger partial charge in [-0.25, -0.2) is 0 Å². The minimum atomic E-state index is 0.304. The van der Waals surface area contributed by atoms with Crippen molar-refractivity contribution in [3.63, 3.8) is 0 Å². The minimum Gasteiger partial charge on any atom is -0.303 e. The van der Waals surface area contributed by atoms with E-state index in [2.05, 4.69) is 28.8 Å². The molecule has 0 aromatic heterocycles. The molecule has 0 fully saturated rings. The van der Waals surface area contributed by atoms with Crippen molar-refractivity contribution in [3.8, 4) is 0 Å². The van der Waals surface area contributed by atoms with Gasteiger partial charge in [-0.15, -0.1) is 0 Å². The van der Waals surface area contributed by atoms with Crippen LogP contribution in [-0.4, -0.2) is 42.5 Å². The monoisotopic (exact) mass is 359 g/mol. The number of hydrogen-bond acceptors (Lipinski definition) is 4. The van der Waals surface area contributed by atoms with E-state index < -0.39 is 0 Å². The Labute approximate surface area is 146 Å². The van der Waals surface area contributed by atoms with E-state index in [0.717, 1.165) is 36.9 Å². The molecule has 1 aromatic carbocycles. The summed E-state index contributed by atoms with van der Waals surface area (Å²) in [5.41, 5.74) is 0.967. The molecule has 0 radical (unpaired) electrons. The minimum absolute atomic E-state index is 0.304. The Morgan fingerprint density at radius 2 is 1.91 bits per heavy atom. The maximum atomic E-state index is 6.18. The molecular weight excluding hydrogens is 339 g/mol. The maximum absolute atomic E-state index is 6.18. The quantitative estimate of drug-likeness (QED) is 0.522. The van der Waals surface area contributed by atoms with Gasteiger partial charge in [0, 0.05) is 25.6 Å². The molecule has 0 amide bonds. The van der Waals surface area contributed by atoms with E-state index in [4.69, 9.17) is 23.2 Å². The molecule has 7 heteroatoms. The van der Waals surface area contributed by atoms with E-state index in [1.807, 2.05) is 25.1 Å². The van der Waals surface area contributed by atoms with E-state index in [9.17, 15) is 0 Å². The summed E-state index contributed by atoms with van der Waals surface area (Å²) in [6, 6.07) is 5.64. The topological polar surface area (TPSA) is 28.0 Å². The standard InChI is InChI=1S/C15H21Cl2N4S/c1-4-20(5-2)8-9-22-21(12(3)18-11-19-21)13-6-7-14(16)15(17)10-13/h6-7,10-11H,4-5,8-9H2,1-3H3/q+1. The Bertz CT molecular complexity index is 587. The lowest BCUT2D eigenvalue weighted by Gasteiger charge is -2.26. The van der Waals surface area contributed by atoms with Crippen molar-refractivity contribution in [2.75, 3.05) is 25.4 Å². The zero-order chi connectivity index (χ0) is 16.2. The molecule has 1 aliphatic rings. The van der Waals surface area contributed by atoms with Gasteiger partial charge in [0.05, 0.1) is 15.8 Å². The maximum Gasteiger partial charge on any atom is 0.245 e. The highest BCUT2D eigenvalue weighted by Crippen LogP contribution is 2.39. The first-order valence-corrected chi connectivity index (χ1v) is 9.04. The number of amidine groups is 1. The Kier molecular flexibility index (Phi) is 6.29. The van der Waals surface area contributed by atoms with Crippen LogP contribution in [0.1, 0.15) is 20.8 Å². The van der Waals surface area contributed by atoms with E-state index in [1.54, 1.807) is 18.3 Å². The number of rotatable bonds is 7. The predicted molar refractivity (Wildman–Crippen MR) is 100 cm³/mol. The van der Waals surface area contributed by atoms with Crippen LogP contribution >= 0.6 is 35.1 Å². The van der Waals surface area contributed by atoms with Crippen LogP contribution in [0.15, 0.2) is 28.3 Å². The summed E-state index contributed by atoms with van der Waals surface area (Å²) in [4.78, 5) is 6.74. The average molecular weight is 360 g/mol. The fraction of sp³-hybridized carbons (Fsp3) is 0.467. The molecule has 1 atom stereocenters. The Balaban J connectivity index is 2.21. The number of quaternary nitrogens is 1. The molecular formula is C15H21Cl2N4S+. The number of benzene rings is 1. The third kappa shape index (κ3) is 3.66. The smallest absolute Gasteiger partial charge is 0.245 e. The molecule has 1 heterocycles. The molecule has 22 heavy (non-hydrogen) atoms. The van der Waals surface area contributed by atoms with Crippen molar-refractivity contribution in [1.82, 2.24) is 8.90 Å². The third-order valence-corrected chi connectivity index (χ3v) is 5.78. The first-order valence-electron chi connectivity index (χ1n) is 7.34. The largest absolute Gasteiger partial charge is 0.303 e. The third-order valence-electron chi connectivity index (χ3n) is 3.73. The number of aliphatic imine (C=N–C) groups is 1. The van der Waals surface area contributed by atoms with Crippen LogP contribution in [-0.2, 0) is 0 Å². The SMILES string of the molecule is CCN(CC)CCS[N+]1(c2ccc(Cl)c(Cl)c2)N=CN=C1C. The zero-order valence-electron chi connectivity index (χ0n) is 13.1. The highest BCUT2D eigenvalue weighted by atomic mass is 35.5. The zero-order valence-corrected chi connectivity index (χ0v) is 15.4. The Morgan fingerprint density at radius 3 is 2.45 bits per heavy atom. The second-order valence-corrected chi connectivity index (χ2v) is 6.95. The average Bonchev–Trinajstić information content (AvgIpc) is 2.88. The first kappa shape index (κ1) is 17.8. The fourth-order valence-electron chi connectivity index (χ4n) is 2.31. The normalized spacial score (nSPS) is 20.7. The second-order valence-electron chi connectivity index (χ2n) is 4.94. The molecule has 0 saturated heterocycles. The molecule has 1 aliphatic heterocycles. The van der Waals surface area contributed by atoms with Gasteiger partial charge in [-0.3, -0.25) is 0 Å². The lowest BCUT2D eigenvalue weighted by Crippen LogP contribution is -2.40. The van der Waals surface area contributed by atoms with E-state index >= 15 is 0 Å². The number of hydrogen-bond donors (Lipinski definition) is 0. The van der Waals surface area contributed by atoms with Crippen molar-refractivity contribution in [2.24, 2.45) is 10.1 Å². The van der Waals surface area contributed by atoms with Gasteiger partial charge in [0.15, 0.2) is 12.0 Å². The Morgan fingerprint density at radius 1 is 1.18 bits per heavy atom. The van der Waals surface area contributed by atoms with Gasteiger partial charge in [0.2, 0.25) is 5.84 Å². The first-order chi connectivity index (χ1) is 10.5. The van der Waals surface area contributed by atoms with Gasteiger partial charge < -0.3 is 4.90 Å². The van der Waals surface area contributed by atoms with Crippen molar-refractivity contribution in [3.05, 3.63) is 28.2 Å². The van der Waals surface area contributed by atoms with Gasteiger partial charge in [-0.1, -0.05) is 41.0 Å². The molecule has 1 aromatic rings. The van der Waals surface area contributed by atoms with Crippen LogP contribution in [0, 0.1) is 0 Å². The summed E-state index contributed by atoms with van der Waals surface area (Å²) in [6.07, 6.45) is 1.61. The van der Waals surface area contributed by atoms with Gasteiger partial charge in [0.1, 0.15) is 11.9 Å². The molecule has 0 aliphatic carbocycles. The lowest BCUT2D eigenvalue weighted by molar-refractivity contribution is 0.323. The molecule has 2 rings (SSSR count). The van der Waals surface area contributed by atoms with E-state index in [-0.39, 0.29) is 0 Å². The summed E-state index contributed by atoms with van der Waals surface area (Å²) in [6.45, 7) is 9.47. The predicted octanol–water partition coefficient (Wildman–Crippen LogP) is 4.67. The van der Waals surface area contributed by atoms with Crippen molar-refractivity contribution >= 4 is 53.0 Å². The summed E-state index contributed by atoms with van der Waals surface area (Å²) < 4.78 is 0.304. The van der Waals surface area contributed by atoms with Gasteiger partial charge in [0.25, 0.3) is 0 Å². The molecule has 1 unspecified atom stereocenters. The van der Waals surface area contributed by atoms with Crippen molar-refractivity contribution in [1.29, 1.82) is 0 Å². The van der Waals surface area contributed by atoms with E-state index in [1.165, 1.54) is 0 Å². The highest BCUT2D eigenvalue weighted by Gasteiger charge is 2.40. The summed E-state index contributed by atoms with van der Waals surface area (Å²) in [5.74, 6) is 1.87. The highest BCUT2D eigenvalue weighted by molar-refractivity contribution is 7.99. The summed E-state index contributed by atoms with van der Waals surface area (Å²) >= 11 is 13.9. The molecule has 0 bridgehead atoms. The molecule has 0 spiro atoms. The summed E-state index contributed by atoms with van der Waals surface area (Å²) in [7, 11) is 0. The van der Waals surface area contributed by atoms with Crippen LogP contribution in [0.25, 0.3) is 0 Å². The van der Waals surface area contributed by atoms with Crippen LogP contribution < -0.4 is 4.00 Å². The van der Waals surface area contributed by atoms with Crippen molar-refractivity contribution < 1.29 is 0 Å². The van der Waals surface area contributed by atoms with Crippen LogP contribution in [0.2, 0.25) is 10.0 Å². The van der Waals surface area contributed by atoms with Gasteiger partial charge in [-0.05, 0) is 24.3 Å². The van der Waals surface area contributed by atoms with Crippen LogP contribution in [0.4, 0.5) is 5.69 Å². The molecule has 0 saturated carbocycles. The van der Waals surface area contributed by atoms with Crippen LogP contribution in [0.3, 0.4) is 0 Å². The van der Waals surface area contributed by atoms with Crippen LogP contribution in [0.5, 0.6) is 0 Å². The van der Waals surface area contributed by atoms with Crippen molar-refractivity contribution in [2.45, 2.75) is 20.8 Å². The Hall–Kier alpha value is -0.590. The number of nitrogens with zero attached hydrogens (tertiary/aromatic N) is 4. The fourth-order valence-corrected chi connectivity index (χ4v) is 3.82. The molecule has 120 valence electrons.